The van der Waals surface area contributed by atoms with Gasteiger partial charge in [-0.25, -0.2) is 0 Å². The first-order valence-corrected chi connectivity index (χ1v) is 3.77. The van der Waals surface area contributed by atoms with Gasteiger partial charge in [-0.2, -0.15) is 0 Å². The molecule has 0 aliphatic heterocycles. The van der Waals surface area contributed by atoms with E-state index in [9.17, 15) is 15.2 Å². The number of nitrogens with two attached hydrogens (primary N) is 1. The molecule has 0 radical (unpaired) electrons. The fourth-order valence-electron chi connectivity index (χ4n) is 0.920. The van der Waals surface area contributed by atoms with Crippen LogP contribution < -0.4 is 5.73 Å². The van der Waals surface area contributed by atoms with Crippen molar-refractivity contribution < 1.29 is 14.4 Å². The molecule has 0 bridgehead atoms. The molecule has 0 aliphatic rings. The van der Waals surface area contributed by atoms with Crippen molar-refractivity contribution in [2.24, 2.45) is 5.73 Å². The highest BCUT2D eigenvalue weighted by molar-refractivity contribution is 5.18. The molecule has 72 valence electrons. The number of hydrogen-bond acceptors (Lipinski definition) is 5. The van der Waals surface area contributed by atoms with Gasteiger partial charge in [-0.1, -0.05) is 0 Å². The van der Waals surface area contributed by atoms with Crippen molar-refractivity contribution in [2.45, 2.75) is 12.5 Å². The van der Waals surface area contributed by atoms with Crippen LogP contribution in [0.2, 0.25) is 0 Å². The van der Waals surface area contributed by atoms with E-state index >= 15 is 0 Å². The highest BCUT2D eigenvalue weighted by atomic mass is 16.6. The van der Waals surface area contributed by atoms with Crippen LogP contribution in [0.4, 0.5) is 5.88 Å². The maximum atomic E-state index is 10.2. The molecule has 0 spiro atoms. The number of hydrogen-bond donors (Lipinski definition) is 2. The first-order chi connectivity index (χ1) is 6.15. The molecule has 0 aliphatic carbocycles. The van der Waals surface area contributed by atoms with Crippen molar-refractivity contribution in [1.82, 2.24) is 0 Å². The minimum atomic E-state index is -0.862. The van der Waals surface area contributed by atoms with Gasteiger partial charge in [0.05, 0.1) is 6.07 Å². The molecule has 1 aromatic rings. The lowest BCUT2D eigenvalue weighted by atomic mass is 10.2. The zero-order valence-corrected chi connectivity index (χ0v) is 6.84. The first kappa shape index (κ1) is 9.69. The number of aliphatic hydroxyl groups excluding tert-OH is 1. The quantitative estimate of drug-likeness (QED) is 0.528. The molecule has 1 atom stereocenters. The minimum absolute atomic E-state index is 0.178. The third-order valence-corrected chi connectivity index (χ3v) is 1.56. The Hall–Kier alpha value is -1.40. The average Bonchev–Trinajstić information content (AvgIpc) is 2.52. The lowest BCUT2D eigenvalue weighted by molar-refractivity contribution is -0.402. The third kappa shape index (κ3) is 2.27. The number of rotatable bonds is 4. The summed E-state index contributed by atoms with van der Waals surface area (Å²) in [5.41, 5.74) is 5.20. The fourth-order valence-corrected chi connectivity index (χ4v) is 0.920. The van der Waals surface area contributed by atoms with Crippen LogP contribution in [0.15, 0.2) is 16.5 Å². The number of nitro groups is 1. The van der Waals surface area contributed by atoms with Crippen molar-refractivity contribution in [1.29, 1.82) is 0 Å². The lowest BCUT2D eigenvalue weighted by Crippen LogP contribution is -2.05. The van der Waals surface area contributed by atoms with E-state index < -0.39 is 11.0 Å². The highest BCUT2D eigenvalue weighted by Gasteiger charge is 2.16. The van der Waals surface area contributed by atoms with E-state index in [1.54, 1.807) is 0 Å². The summed E-state index contributed by atoms with van der Waals surface area (Å²) in [6.07, 6.45) is -0.538. The van der Waals surface area contributed by atoms with Gasteiger partial charge < -0.3 is 15.3 Å². The normalized spacial score (nSPS) is 12.8. The topological polar surface area (TPSA) is 103 Å². The van der Waals surface area contributed by atoms with Crippen LogP contribution in [0.1, 0.15) is 18.3 Å². The molecule has 0 aromatic carbocycles. The molecule has 0 saturated carbocycles. The molecule has 0 saturated heterocycles. The molecule has 6 nitrogen and oxygen atoms in total. The highest BCUT2D eigenvalue weighted by Crippen LogP contribution is 2.22. The van der Waals surface area contributed by atoms with Crippen LogP contribution in [0.5, 0.6) is 0 Å². The fraction of sp³-hybridized carbons (Fsp3) is 0.429. The molecule has 1 aromatic heterocycles. The Bertz CT molecular complexity index is 296. The van der Waals surface area contributed by atoms with E-state index in [4.69, 9.17) is 10.2 Å². The molecule has 6 heteroatoms. The smallest absolute Gasteiger partial charge is 0.403 e. The molecule has 0 fully saturated rings. The average molecular weight is 186 g/mol. The van der Waals surface area contributed by atoms with E-state index in [1.807, 2.05) is 0 Å². The number of nitrogens with zero attached hydrogens (tertiary/aromatic N) is 1. The van der Waals surface area contributed by atoms with Crippen LogP contribution in [-0.2, 0) is 0 Å². The summed E-state index contributed by atoms with van der Waals surface area (Å²) in [6.45, 7) is 0.301. The number of aliphatic hydroxyl groups is 1. The van der Waals surface area contributed by atoms with Gasteiger partial charge in [0.2, 0.25) is 0 Å². The molecule has 0 amide bonds. The van der Waals surface area contributed by atoms with Gasteiger partial charge in [0, 0.05) is 0 Å². The molecule has 1 rings (SSSR count). The summed E-state index contributed by atoms with van der Waals surface area (Å²) in [6, 6.07) is 2.58. The van der Waals surface area contributed by atoms with Crippen LogP contribution in [0.3, 0.4) is 0 Å². The maximum Gasteiger partial charge on any atom is 0.433 e. The van der Waals surface area contributed by atoms with Gasteiger partial charge in [0.25, 0.3) is 0 Å². The van der Waals surface area contributed by atoms with Gasteiger partial charge in [-0.05, 0) is 19.0 Å². The Morgan fingerprint density at radius 2 is 2.38 bits per heavy atom. The van der Waals surface area contributed by atoms with E-state index in [-0.39, 0.29) is 11.6 Å². The Balaban J connectivity index is 2.73. The first-order valence-electron chi connectivity index (χ1n) is 3.77. The summed E-state index contributed by atoms with van der Waals surface area (Å²) in [5.74, 6) is -0.191. The second-order valence-corrected chi connectivity index (χ2v) is 2.53. The summed E-state index contributed by atoms with van der Waals surface area (Å²) in [5, 5.41) is 19.5. The summed E-state index contributed by atoms with van der Waals surface area (Å²) >= 11 is 0. The lowest BCUT2D eigenvalue weighted by Gasteiger charge is -2.03. The van der Waals surface area contributed by atoms with Crippen LogP contribution in [0, 0.1) is 10.1 Å². The second-order valence-electron chi connectivity index (χ2n) is 2.53. The van der Waals surface area contributed by atoms with E-state index in [0.29, 0.717) is 13.0 Å². The van der Waals surface area contributed by atoms with Gasteiger partial charge in [-0.3, -0.25) is 10.1 Å². The van der Waals surface area contributed by atoms with E-state index in [0.717, 1.165) is 0 Å². The van der Waals surface area contributed by atoms with Crippen molar-refractivity contribution in [3.05, 3.63) is 28.0 Å². The molecule has 0 unspecified atom stereocenters. The summed E-state index contributed by atoms with van der Waals surface area (Å²) < 4.78 is 4.75. The monoisotopic (exact) mass is 186 g/mol. The van der Waals surface area contributed by atoms with Crippen LogP contribution in [0.25, 0.3) is 0 Å². The Kier molecular flexibility index (Phi) is 2.99. The predicted octanol–water partition coefficient (Wildman–Crippen LogP) is 0.570. The van der Waals surface area contributed by atoms with Gasteiger partial charge in [-0.15, -0.1) is 0 Å². The Labute approximate surface area is 74.1 Å². The molecular weight excluding hydrogens is 176 g/mol. The maximum absolute atomic E-state index is 10.2. The van der Waals surface area contributed by atoms with Crippen LogP contribution in [-0.4, -0.2) is 16.6 Å². The van der Waals surface area contributed by atoms with Crippen molar-refractivity contribution in [3.63, 3.8) is 0 Å². The summed E-state index contributed by atoms with van der Waals surface area (Å²) in [7, 11) is 0. The molecule has 3 N–H and O–H groups in total. The standard InChI is InChI=1S/C7H10N2O4/c8-4-3-5(10)6-1-2-7(13-6)9(11)12/h1-2,5,10H,3-4,8H2/t5-/m0/s1. The molecular formula is C7H10N2O4. The second kappa shape index (κ2) is 4.01. The predicted molar refractivity (Wildman–Crippen MR) is 44.0 cm³/mol. The third-order valence-electron chi connectivity index (χ3n) is 1.56. The Morgan fingerprint density at radius 1 is 1.69 bits per heavy atom. The van der Waals surface area contributed by atoms with Crippen molar-refractivity contribution >= 4 is 5.88 Å². The largest absolute Gasteiger partial charge is 0.433 e. The van der Waals surface area contributed by atoms with Crippen molar-refractivity contribution in [2.75, 3.05) is 6.54 Å². The summed E-state index contributed by atoms with van der Waals surface area (Å²) in [4.78, 5) is 9.55. The van der Waals surface area contributed by atoms with Gasteiger partial charge in [0.15, 0.2) is 0 Å². The SMILES string of the molecule is NCC[C@H](O)c1ccc([N+](=O)[O-])o1. The Morgan fingerprint density at radius 3 is 2.85 bits per heavy atom. The van der Waals surface area contributed by atoms with Crippen LogP contribution >= 0.6 is 0 Å². The zero-order valence-electron chi connectivity index (χ0n) is 6.84. The van der Waals surface area contributed by atoms with Gasteiger partial charge >= 0.3 is 5.88 Å². The van der Waals surface area contributed by atoms with Crippen molar-refractivity contribution in [3.8, 4) is 0 Å². The minimum Gasteiger partial charge on any atom is -0.403 e. The van der Waals surface area contributed by atoms with E-state index in [1.165, 1.54) is 12.1 Å². The number of furan rings is 1. The molecule has 13 heavy (non-hydrogen) atoms. The molecule has 1 heterocycles. The van der Waals surface area contributed by atoms with E-state index in [2.05, 4.69) is 0 Å². The zero-order chi connectivity index (χ0) is 9.84. The van der Waals surface area contributed by atoms with Gasteiger partial charge in [0.1, 0.15) is 16.8 Å².